The second kappa shape index (κ2) is 9.09. The average Bonchev–Trinajstić information content (AvgIpc) is 2.84. The molecule has 206 valence electrons. The molecule has 0 unspecified atom stereocenters. The third kappa shape index (κ3) is 3.97. The first-order valence-electron chi connectivity index (χ1n) is 14.2. The summed E-state index contributed by atoms with van der Waals surface area (Å²) in [5, 5.41) is 0. The van der Waals surface area contributed by atoms with Crippen LogP contribution in [0.3, 0.4) is 0 Å². The Morgan fingerprint density at radius 3 is 2.24 bits per heavy atom. The van der Waals surface area contributed by atoms with Crippen LogP contribution in [0.2, 0.25) is 0 Å². The predicted octanol–water partition coefficient (Wildman–Crippen LogP) is 6.85. The van der Waals surface area contributed by atoms with Gasteiger partial charge in [0.2, 0.25) is 0 Å². The van der Waals surface area contributed by atoms with Gasteiger partial charge in [0.1, 0.15) is 0 Å². The number of methoxy groups -OCH3 is 2. The number of fused-ring (bicyclic) bond motifs is 5. The Bertz CT molecular complexity index is 1040. The van der Waals surface area contributed by atoms with Crippen LogP contribution in [0.5, 0.6) is 0 Å². The highest BCUT2D eigenvalue weighted by molar-refractivity contribution is 5.96. The molecule has 3 saturated carbocycles. The van der Waals surface area contributed by atoms with Gasteiger partial charge in [0.05, 0.1) is 19.6 Å². The second-order valence-electron chi connectivity index (χ2n) is 14.2. The molecule has 5 nitrogen and oxygen atoms in total. The molecule has 0 bridgehead atoms. The standard InChI is InChI=1S/C32H48O5/c1-20(2)21-10-13-32(7)26(30(21,5)12-11-25(34)36-8)24(33)18-22-23-19-29(4,27(35)37-9)15-14-28(23,3)16-17-31(22,32)6/h18,21,23,26H,1,10-17,19H2,2-9H3/t21-,23-,26+,28+,29-,30-,31+,32+/m0/s1. The molecule has 37 heavy (non-hydrogen) atoms. The summed E-state index contributed by atoms with van der Waals surface area (Å²) in [6.07, 6.45) is 9.53. The molecule has 8 atom stereocenters. The van der Waals surface area contributed by atoms with E-state index in [1.165, 1.54) is 19.8 Å². The molecular weight excluding hydrogens is 464 g/mol. The molecule has 4 rings (SSSR count). The SMILES string of the molecule is C=C(C)[C@@H]1CC[C@]2(C)[C@H](C(=O)C=C3[C@@H]4C[C@@](C)(C(=O)OC)CC[C@]4(C)CC[C@]32C)[C@@]1(C)CCC(=O)OC. The maximum atomic E-state index is 14.3. The first-order chi connectivity index (χ1) is 17.1. The Morgan fingerprint density at radius 2 is 1.65 bits per heavy atom. The largest absolute Gasteiger partial charge is 0.469 e. The van der Waals surface area contributed by atoms with E-state index in [4.69, 9.17) is 9.47 Å². The van der Waals surface area contributed by atoms with Crippen molar-refractivity contribution in [2.45, 2.75) is 99.3 Å². The lowest BCUT2D eigenvalue weighted by atomic mass is 9.35. The average molecular weight is 513 g/mol. The van der Waals surface area contributed by atoms with Crippen LogP contribution in [0.1, 0.15) is 99.3 Å². The van der Waals surface area contributed by atoms with Gasteiger partial charge in [0.15, 0.2) is 5.78 Å². The number of hydrogen-bond donors (Lipinski definition) is 0. The quantitative estimate of drug-likeness (QED) is 0.298. The van der Waals surface area contributed by atoms with Gasteiger partial charge in [-0.2, -0.15) is 0 Å². The smallest absolute Gasteiger partial charge is 0.311 e. The molecule has 5 heteroatoms. The maximum absolute atomic E-state index is 14.3. The molecule has 0 aromatic rings. The molecule has 4 aliphatic carbocycles. The van der Waals surface area contributed by atoms with Crippen molar-refractivity contribution in [2.24, 2.45) is 44.8 Å². The van der Waals surface area contributed by atoms with Gasteiger partial charge in [-0.15, -0.1) is 0 Å². The second-order valence-corrected chi connectivity index (χ2v) is 14.2. The van der Waals surface area contributed by atoms with Crippen molar-refractivity contribution >= 4 is 17.7 Å². The van der Waals surface area contributed by atoms with Crippen LogP contribution in [0.15, 0.2) is 23.8 Å². The van der Waals surface area contributed by atoms with Crippen LogP contribution in [0.4, 0.5) is 0 Å². The van der Waals surface area contributed by atoms with Gasteiger partial charge in [-0.05, 0) is 105 Å². The van der Waals surface area contributed by atoms with E-state index in [9.17, 15) is 14.4 Å². The summed E-state index contributed by atoms with van der Waals surface area (Å²) in [4.78, 5) is 39.4. The van der Waals surface area contributed by atoms with Crippen LogP contribution in [-0.2, 0) is 23.9 Å². The number of allylic oxidation sites excluding steroid dienone is 3. The van der Waals surface area contributed by atoms with E-state index >= 15 is 0 Å². The Balaban J connectivity index is 1.82. The fraction of sp³-hybridized carbons (Fsp3) is 0.781. The first-order valence-corrected chi connectivity index (χ1v) is 14.2. The van der Waals surface area contributed by atoms with Crippen molar-refractivity contribution in [3.8, 4) is 0 Å². The van der Waals surface area contributed by atoms with Crippen molar-refractivity contribution < 1.29 is 23.9 Å². The van der Waals surface area contributed by atoms with Crippen LogP contribution in [0, 0.1) is 44.8 Å². The Hall–Kier alpha value is -1.91. The zero-order chi connectivity index (χ0) is 27.6. The van der Waals surface area contributed by atoms with Crippen LogP contribution < -0.4 is 0 Å². The number of esters is 2. The number of hydrogen-bond acceptors (Lipinski definition) is 5. The number of ether oxygens (including phenoxy) is 2. The maximum Gasteiger partial charge on any atom is 0.311 e. The minimum absolute atomic E-state index is 0.0887. The molecule has 4 aliphatic rings. The highest BCUT2D eigenvalue weighted by Gasteiger charge is 2.68. The summed E-state index contributed by atoms with van der Waals surface area (Å²) >= 11 is 0. The summed E-state index contributed by atoms with van der Waals surface area (Å²) in [5.41, 5.74) is 1.19. The van der Waals surface area contributed by atoms with Crippen LogP contribution >= 0.6 is 0 Å². The Kier molecular flexibility index (Phi) is 6.90. The minimum atomic E-state index is -0.522. The van der Waals surface area contributed by atoms with Gasteiger partial charge >= 0.3 is 11.9 Å². The van der Waals surface area contributed by atoms with E-state index in [1.54, 1.807) is 0 Å². The Labute approximate surface area is 223 Å². The summed E-state index contributed by atoms with van der Waals surface area (Å²) < 4.78 is 10.2. The van der Waals surface area contributed by atoms with E-state index in [-0.39, 0.29) is 57.1 Å². The number of rotatable bonds is 5. The van der Waals surface area contributed by atoms with Gasteiger partial charge < -0.3 is 9.47 Å². The molecule has 0 aromatic heterocycles. The lowest BCUT2D eigenvalue weighted by molar-refractivity contribution is -0.168. The van der Waals surface area contributed by atoms with E-state index in [2.05, 4.69) is 41.2 Å². The minimum Gasteiger partial charge on any atom is -0.469 e. The summed E-state index contributed by atoms with van der Waals surface area (Å²) in [6.45, 7) is 17.8. The van der Waals surface area contributed by atoms with E-state index in [0.29, 0.717) is 12.8 Å². The number of carbonyl (C=O) groups is 3. The van der Waals surface area contributed by atoms with E-state index in [0.717, 1.165) is 50.5 Å². The zero-order valence-corrected chi connectivity index (χ0v) is 24.4. The van der Waals surface area contributed by atoms with Crippen molar-refractivity contribution in [1.29, 1.82) is 0 Å². The lowest BCUT2D eigenvalue weighted by Gasteiger charge is -2.68. The van der Waals surface area contributed by atoms with Crippen molar-refractivity contribution in [3.05, 3.63) is 23.8 Å². The molecule has 0 heterocycles. The molecule has 0 saturated heterocycles. The van der Waals surface area contributed by atoms with Gasteiger partial charge in [0, 0.05) is 12.3 Å². The fourth-order valence-corrected chi connectivity index (χ4v) is 9.61. The summed E-state index contributed by atoms with van der Waals surface area (Å²) in [7, 11) is 2.91. The van der Waals surface area contributed by atoms with Crippen LogP contribution in [0.25, 0.3) is 0 Å². The summed E-state index contributed by atoms with van der Waals surface area (Å²) in [6, 6.07) is 0. The van der Waals surface area contributed by atoms with Gasteiger partial charge in [0.25, 0.3) is 0 Å². The molecule has 0 N–H and O–H groups in total. The fourth-order valence-electron chi connectivity index (χ4n) is 9.61. The zero-order valence-electron chi connectivity index (χ0n) is 24.4. The topological polar surface area (TPSA) is 69.7 Å². The predicted molar refractivity (Wildman–Crippen MR) is 144 cm³/mol. The highest BCUT2D eigenvalue weighted by atomic mass is 16.5. The number of carbonyl (C=O) groups excluding carboxylic acids is 3. The molecule has 0 amide bonds. The lowest BCUT2D eigenvalue weighted by Crippen LogP contribution is -2.63. The Morgan fingerprint density at radius 1 is 1.00 bits per heavy atom. The van der Waals surface area contributed by atoms with Crippen molar-refractivity contribution in [3.63, 3.8) is 0 Å². The van der Waals surface area contributed by atoms with Crippen molar-refractivity contribution in [2.75, 3.05) is 14.2 Å². The van der Waals surface area contributed by atoms with E-state index in [1.807, 2.05) is 13.0 Å². The molecule has 0 radical (unpaired) electrons. The third-order valence-corrected chi connectivity index (χ3v) is 12.2. The monoisotopic (exact) mass is 512 g/mol. The number of ketones is 1. The van der Waals surface area contributed by atoms with Crippen molar-refractivity contribution in [1.82, 2.24) is 0 Å². The molecule has 0 aliphatic heterocycles. The third-order valence-electron chi connectivity index (χ3n) is 12.2. The molecule has 0 aromatic carbocycles. The normalized spacial score (nSPS) is 45.0. The highest BCUT2D eigenvalue weighted by Crippen LogP contribution is 2.73. The molecule has 3 fully saturated rings. The summed E-state index contributed by atoms with van der Waals surface area (Å²) in [5.74, 6) is 0.0231. The molecule has 0 spiro atoms. The van der Waals surface area contributed by atoms with Crippen LogP contribution in [-0.4, -0.2) is 31.9 Å². The van der Waals surface area contributed by atoms with Gasteiger partial charge in [-0.25, -0.2) is 0 Å². The molecular formula is C32H48O5. The first kappa shape index (κ1) is 28.1. The van der Waals surface area contributed by atoms with Gasteiger partial charge in [-0.3, -0.25) is 14.4 Å². The van der Waals surface area contributed by atoms with E-state index < -0.39 is 5.41 Å². The van der Waals surface area contributed by atoms with Gasteiger partial charge in [-0.1, -0.05) is 45.4 Å².